The fraction of sp³-hybridized carbons (Fsp3) is 0.136. The number of cyclic esters (lactones) is 1. The summed E-state index contributed by atoms with van der Waals surface area (Å²) in [5.41, 5.74) is 6.39. The van der Waals surface area contributed by atoms with Crippen LogP contribution in [0.15, 0.2) is 71.2 Å². The first-order valence-electron chi connectivity index (χ1n) is 9.17. The summed E-state index contributed by atoms with van der Waals surface area (Å²) in [6.07, 6.45) is 0. The zero-order valence-electron chi connectivity index (χ0n) is 15.8. The summed E-state index contributed by atoms with van der Waals surface area (Å²) < 4.78 is 19.2. The number of ether oxygens (including phenoxy) is 1. The molecule has 0 saturated heterocycles. The topological polar surface area (TPSA) is 99.7 Å². The van der Waals surface area contributed by atoms with E-state index in [2.05, 4.69) is 6.07 Å². The third kappa shape index (κ3) is 1.96. The molecular weight excluding hydrogens is 387 g/mol. The van der Waals surface area contributed by atoms with E-state index in [-0.39, 0.29) is 23.6 Å². The number of likely N-dealkylation sites (N-methyl/N-ethyl adjacent to an activating group) is 1. The minimum atomic E-state index is -1.70. The highest BCUT2D eigenvalue weighted by Gasteiger charge is 2.63. The first kappa shape index (κ1) is 17.9. The molecule has 1 atom stereocenters. The average Bonchev–Trinajstić information content (AvgIpc) is 3.21. The number of nitrogens with two attached hydrogens (primary N) is 1. The molecule has 2 aromatic carbocycles. The van der Waals surface area contributed by atoms with Crippen molar-refractivity contribution < 1.29 is 18.7 Å². The summed E-state index contributed by atoms with van der Waals surface area (Å²) in [6.45, 7) is -0.148. The van der Waals surface area contributed by atoms with Gasteiger partial charge in [0.05, 0.1) is 22.5 Å². The maximum absolute atomic E-state index is 13.9. The predicted octanol–water partition coefficient (Wildman–Crippen LogP) is 2.06. The SMILES string of the molecule is CN1C(=O)[C@@]2(C(C#N)=C(N)N(c3cccc(F)c3)C3=C2C(=O)OC3)c2ccccc21. The Morgan fingerprint density at radius 2 is 1.97 bits per heavy atom. The Balaban J connectivity index is 1.89. The van der Waals surface area contributed by atoms with E-state index in [9.17, 15) is 19.2 Å². The molecule has 0 fully saturated rings. The van der Waals surface area contributed by atoms with Gasteiger partial charge >= 0.3 is 5.97 Å². The van der Waals surface area contributed by atoms with E-state index >= 15 is 0 Å². The Morgan fingerprint density at radius 3 is 2.70 bits per heavy atom. The first-order valence-corrected chi connectivity index (χ1v) is 9.17. The van der Waals surface area contributed by atoms with Gasteiger partial charge in [-0.15, -0.1) is 0 Å². The molecule has 3 aliphatic heterocycles. The van der Waals surface area contributed by atoms with Crippen LogP contribution in [0.3, 0.4) is 0 Å². The van der Waals surface area contributed by atoms with Crippen LogP contribution < -0.4 is 15.5 Å². The van der Waals surface area contributed by atoms with E-state index in [0.29, 0.717) is 22.6 Å². The van der Waals surface area contributed by atoms with Crippen LogP contribution in [0.25, 0.3) is 0 Å². The van der Waals surface area contributed by atoms with Gasteiger partial charge in [-0.3, -0.25) is 9.69 Å². The molecule has 0 aromatic heterocycles. The van der Waals surface area contributed by atoms with E-state index in [0.717, 1.165) is 0 Å². The molecule has 1 amide bonds. The number of fused-ring (bicyclic) bond motifs is 3. The molecule has 0 saturated carbocycles. The first-order chi connectivity index (χ1) is 14.4. The van der Waals surface area contributed by atoms with Crippen molar-refractivity contribution in [2.45, 2.75) is 5.41 Å². The number of nitriles is 1. The second kappa shape index (κ2) is 5.94. The van der Waals surface area contributed by atoms with Crippen molar-refractivity contribution in [1.82, 2.24) is 0 Å². The number of carbonyl (C=O) groups excluding carboxylic acids is 2. The minimum absolute atomic E-state index is 0.0410. The fourth-order valence-electron chi connectivity index (χ4n) is 4.61. The van der Waals surface area contributed by atoms with Crippen LogP contribution in [-0.4, -0.2) is 25.5 Å². The highest BCUT2D eigenvalue weighted by atomic mass is 19.1. The minimum Gasteiger partial charge on any atom is -0.456 e. The maximum atomic E-state index is 13.9. The number of rotatable bonds is 1. The van der Waals surface area contributed by atoms with Gasteiger partial charge < -0.3 is 15.4 Å². The van der Waals surface area contributed by atoms with Crippen molar-refractivity contribution in [3.63, 3.8) is 0 Å². The summed E-state index contributed by atoms with van der Waals surface area (Å²) in [4.78, 5) is 29.4. The quantitative estimate of drug-likeness (QED) is 0.733. The Bertz CT molecular complexity index is 1260. The fourth-order valence-corrected chi connectivity index (χ4v) is 4.61. The lowest BCUT2D eigenvalue weighted by molar-refractivity contribution is -0.137. The van der Waals surface area contributed by atoms with Gasteiger partial charge in [-0.1, -0.05) is 24.3 Å². The van der Waals surface area contributed by atoms with Crippen LogP contribution in [0.4, 0.5) is 15.8 Å². The number of halogens is 1. The normalized spacial score (nSPS) is 22.4. The third-order valence-electron chi connectivity index (χ3n) is 5.82. The molecule has 2 N–H and O–H groups in total. The molecule has 30 heavy (non-hydrogen) atoms. The smallest absolute Gasteiger partial charge is 0.338 e. The second-order valence-corrected chi connectivity index (χ2v) is 7.22. The van der Waals surface area contributed by atoms with Crippen LogP contribution in [-0.2, 0) is 19.7 Å². The van der Waals surface area contributed by atoms with Gasteiger partial charge in [0.25, 0.3) is 0 Å². The standard InChI is InChI=1S/C22H15FN4O3/c1-26-16-8-3-2-7-14(16)22(21(26)29)15(10-24)19(25)27(13-6-4-5-12(23)9-13)17-11-30-20(28)18(17)22/h2-9H,11,25H2,1H3/t22-/m1/s1. The highest BCUT2D eigenvalue weighted by molar-refractivity contribution is 6.19. The van der Waals surface area contributed by atoms with Crippen molar-refractivity contribution in [3.8, 4) is 6.07 Å². The van der Waals surface area contributed by atoms with Crippen molar-refractivity contribution in [1.29, 1.82) is 5.26 Å². The maximum Gasteiger partial charge on any atom is 0.338 e. The highest BCUT2D eigenvalue weighted by Crippen LogP contribution is 2.55. The number of hydrogen-bond acceptors (Lipinski definition) is 6. The average molecular weight is 402 g/mol. The zero-order chi connectivity index (χ0) is 21.2. The largest absolute Gasteiger partial charge is 0.456 e. The molecule has 0 bridgehead atoms. The van der Waals surface area contributed by atoms with Gasteiger partial charge in [0, 0.05) is 18.3 Å². The molecule has 8 heteroatoms. The van der Waals surface area contributed by atoms with Gasteiger partial charge in [-0.25, -0.2) is 9.18 Å². The van der Waals surface area contributed by atoms with Crippen LogP contribution in [0.1, 0.15) is 5.56 Å². The number of benzene rings is 2. The number of carbonyl (C=O) groups is 2. The lowest BCUT2D eigenvalue weighted by Gasteiger charge is -2.38. The second-order valence-electron chi connectivity index (χ2n) is 7.22. The number of nitrogens with zero attached hydrogens (tertiary/aromatic N) is 3. The molecule has 148 valence electrons. The monoisotopic (exact) mass is 402 g/mol. The molecule has 5 rings (SSSR count). The molecule has 7 nitrogen and oxygen atoms in total. The predicted molar refractivity (Wildman–Crippen MR) is 105 cm³/mol. The molecule has 0 unspecified atom stereocenters. The summed E-state index contributed by atoms with van der Waals surface area (Å²) in [5, 5.41) is 10.1. The Morgan fingerprint density at radius 1 is 1.20 bits per heavy atom. The van der Waals surface area contributed by atoms with Crippen molar-refractivity contribution in [3.05, 3.63) is 82.6 Å². The lowest BCUT2D eigenvalue weighted by Crippen LogP contribution is -2.50. The molecule has 0 radical (unpaired) electrons. The van der Waals surface area contributed by atoms with Crippen LogP contribution in [0.5, 0.6) is 0 Å². The summed E-state index contributed by atoms with van der Waals surface area (Å²) >= 11 is 0. The van der Waals surface area contributed by atoms with E-state index in [1.54, 1.807) is 37.4 Å². The Labute approximate surface area is 171 Å². The molecule has 3 aliphatic rings. The lowest BCUT2D eigenvalue weighted by atomic mass is 9.67. The molecule has 3 heterocycles. The van der Waals surface area contributed by atoms with Crippen LogP contribution in [0, 0.1) is 17.1 Å². The Kier molecular flexibility index (Phi) is 3.55. The van der Waals surface area contributed by atoms with E-state index in [1.807, 2.05) is 0 Å². The summed E-state index contributed by atoms with van der Waals surface area (Å²) in [5.74, 6) is -1.72. The summed E-state index contributed by atoms with van der Waals surface area (Å²) in [6, 6.07) is 14.6. The van der Waals surface area contributed by atoms with E-state index in [1.165, 1.54) is 28.0 Å². The van der Waals surface area contributed by atoms with Gasteiger partial charge in [-0.2, -0.15) is 5.26 Å². The van der Waals surface area contributed by atoms with Crippen molar-refractivity contribution in [2.24, 2.45) is 5.73 Å². The molecule has 0 aliphatic carbocycles. The number of para-hydroxylation sites is 1. The molecule has 1 spiro atoms. The van der Waals surface area contributed by atoms with Gasteiger partial charge in [0.1, 0.15) is 29.7 Å². The van der Waals surface area contributed by atoms with E-state index < -0.39 is 23.1 Å². The van der Waals surface area contributed by atoms with Gasteiger partial charge in [0.15, 0.2) is 0 Å². The zero-order valence-corrected chi connectivity index (χ0v) is 15.8. The number of hydrogen-bond donors (Lipinski definition) is 1. The van der Waals surface area contributed by atoms with Crippen molar-refractivity contribution >= 4 is 23.3 Å². The number of esters is 1. The summed E-state index contributed by atoms with van der Waals surface area (Å²) in [7, 11) is 1.58. The molecule has 2 aromatic rings. The number of amides is 1. The van der Waals surface area contributed by atoms with Crippen LogP contribution >= 0.6 is 0 Å². The van der Waals surface area contributed by atoms with Gasteiger partial charge in [0.2, 0.25) is 5.91 Å². The van der Waals surface area contributed by atoms with Crippen LogP contribution in [0.2, 0.25) is 0 Å². The van der Waals surface area contributed by atoms with Gasteiger partial charge in [-0.05, 0) is 24.3 Å². The third-order valence-corrected chi connectivity index (χ3v) is 5.82. The number of anilines is 2. The van der Waals surface area contributed by atoms with Crippen molar-refractivity contribution in [2.75, 3.05) is 23.5 Å². The Hall–Kier alpha value is -4.12. The molecular formula is C22H15FN4O3. The van der Waals surface area contributed by atoms with E-state index in [4.69, 9.17) is 10.5 Å².